The van der Waals surface area contributed by atoms with Gasteiger partial charge in [-0.2, -0.15) is 0 Å². The van der Waals surface area contributed by atoms with E-state index >= 15 is 0 Å². The molecular formula is C11H22N2O3. The van der Waals surface area contributed by atoms with Crippen molar-refractivity contribution >= 4 is 5.91 Å². The number of rotatable bonds is 6. The second-order valence-corrected chi connectivity index (χ2v) is 4.47. The molecule has 0 aromatic rings. The van der Waals surface area contributed by atoms with Crippen LogP contribution in [-0.4, -0.2) is 49.0 Å². The molecule has 0 radical (unpaired) electrons. The molecule has 94 valence electrons. The molecule has 0 saturated carbocycles. The Balaban J connectivity index is 2.19. The van der Waals surface area contributed by atoms with Gasteiger partial charge in [0.25, 0.3) is 0 Å². The number of carbonyl (C=O) groups is 1. The Morgan fingerprint density at radius 3 is 2.94 bits per heavy atom. The van der Waals surface area contributed by atoms with E-state index in [0.29, 0.717) is 26.1 Å². The van der Waals surface area contributed by atoms with Crippen LogP contribution in [0.5, 0.6) is 0 Å². The SMILES string of the molecule is CCNC(C)CC(=O)NCC1(O)CCOC1. The Labute approximate surface area is 96.6 Å². The van der Waals surface area contributed by atoms with Gasteiger partial charge in [-0.1, -0.05) is 6.92 Å². The first-order valence-corrected chi connectivity index (χ1v) is 5.86. The molecule has 1 rings (SSSR count). The fourth-order valence-electron chi connectivity index (χ4n) is 1.77. The maximum Gasteiger partial charge on any atom is 0.221 e. The summed E-state index contributed by atoms with van der Waals surface area (Å²) in [5.74, 6) is -0.0335. The van der Waals surface area contributed by atoms with Crippen LogP contribution in [0.3, 0.4) is 0 Å². The number of ether oxygens (including phenoxy) is 1. The molecule has 1 heterocycles. The lowest BCUT2D eigenvalue weighted by molar-refractivity contribution is -0.122. The highest BCUT2D eigenvalue weighted by molar-refractivity contribution is 5.76. The Kier molecular flexibility index (Phi) is 5.18. The van der Waals surface area contributed by atoms with Gasteiger partial charge >= 0.3 is 0 Å². The van der Waals surface area contributed by atoms with Gasteiger partial charge in [-0.3, -0.25) is 4.79 Å². The van der Waals surface area contributed by atoms with Gasteiger partial charge in [-0.25, -0.2) is 0 Å². The predicted molar refractivity (Wildman–Crippen MR) is 61.2 cm³/mol. The summed E-state index contributed by atoms with van der Waals surface area (Å²) in [4.78, 5) is 11.5. The molecule has 0 bridgehead atoms. The number of hydrogen-bond donors (Lipinski definition) is 3. The Morgan fingerprint density at radius 1 is 1.62 bits per heavy atom. The molecule has 2 atom stereocenters. The van der Waals surface area contributed by atoms with Crippen LogP contribution in [0.15, 0.2) is 0 Å². The summed E-state index contributed by atoms with van der Waals surface area (Å²) in [5.41, 5.74) is -0.864. The van der Waals surface area contributed by atoms with Crippen molar-refractivity contribution in [3.8, 4) is 0 Å². The second-order valence-electron chi connectivity index (χ2n) is 4.47. The molecular weight excluding hydrogens is 208 g/mol. The van der Waals surface area contributed by atoms with E-state index in [9.17, 15) is 9.90 Å². The monoisotopic (exact) mass is 230 g/mol. The molecule has 5 heteroatoms. The van der Waals surface area contributed by atoms with Gasteiger partial charge in [0.2, 0.25) is 5.91 Å². The van der Waals surface area contributed by atoms with E-state index in [1.165, 1.54) is 0 Å². The highest BCUT2D eigenvalue weighted by atomic mass is 16.5. The topological polar surface area (TPSA) is 70.6 Å². The summed E-state index contributed by atoms with van der Waals surface area (Å²) < 4.78 is 5.10. The van der Waals surface area contributed by atoms with Crippen LogP contribution in [0.1, 0.15) is 26.7 Å². The highest BCUT2D eigenvalue weighted by Crippen LogP contribution is 2.16. The summed E-state index contributed by atoms with van der Waals surface area (Å²) in [7, 11) is 0. The van der Waals surface area contributed by atoms with Crippen LogP contribution < -0.4 is 10.6 Å². The maximum atomic E-state index is 11.5. The van der Waals surface area contributed by atoms with Gasteiger partial charge in [-0.05, 0) is 13.5 Å². The van der Waals surface area contributed by atoms with Crippen molar-refractivity contribution < 1.29 is 14.6 Å². The first kappa shape index (κ1) is 13.4. The molecule has 0 aromatic heterocycles. The molecule has 2 unspecified atom stereocenters. The first-order valence-electron chi connectivity index (χ1n) is 5.86. The standard InChI is InChI=1S/C11H22N2O3/c1-3-12-9(2)6-10(14)13-7-11(15)4-5-16-8-11/h9,12,15H,3-8H2,1-2H3,(H,13,14). The molecule has 1 saturated heterocycles. The molecule has 5 nitrogen and oxygen atoms in total. The highest BCUT2D eigenvalue weighted by Gasteiger charge is 2.32. The van der Waals surface area contributed by atoms with E-state index in [-0.39, 0.29) is 18.5 Å². The van der Waals surface area contributed by atoms with E-state index in [0.717, 1.165) is 6.54 Å². The van der Waals surface area contributed by atoms with Crippen molar-refractivity contribution in [3.63, 3.8) is 0 Å². The summed E-state index contributed by atoms with van der Waals surface area (Å²) in [6, 6.07) is 0.166. The Bertz CT molecular complexity index is 227. The fourth-order valence-corrected chi connectivity index (χ4v) is 1.77. The smallest absolute Gasteiger partial charge is 0.221 e. The minimum absolute atomic E-state index is 0.0335. The van der Waals surface area contributed by atoms with Crippen molar-refractivity contribution in [2.75, 3.05) is 26.3 Å². The van der Waals surface area contributed by atoms with E-state index in [1.807, 2.05) is 13.8 Å². The largest absolute Gasteiger partial charge is 0.386 e. The third-order valence-corrected chi connectivity index (χ3v) is 2.74. The zero-order valence-electron chi connectivity index (χ0n) is 10.1. The molecule has 3 N–H and O–H groups in total. The van der Waals surface area contributed by atoms with Crippen LogP contribution in [0, 0.1) is 0 Å². The van der Waals surface area contributed by atoms with Crippen LogP contribution in [-0.2, 0) is 9.53 Å². The van der Waals surface area contributed by atoms with Crippen molar-refractivity contribution in [1.29, 1.82) is 0 Å². The van der Waals surface area contributed by atoms with Gasteiger partial charge in [-0.15, -0.1) is 0 Å². The summed E-state index contributed by atoms with van der Waals surface area (Å²) in [5, 5.41) is 15.8. The van der Waals surface area contributed by atoms with Crippen LogP contribution in [0.25, 0.3) is 0 Å². The summed E-state index contributed by atoms with van der Waals surface area (Å²) >= 11 is 0. The van der Waals surface area contributed by atoms with Crippen molar-refractivity contribution in [3.05, 3.63) is 0 Å². The molecule has 16 heavy (non-hydrogen) atoms. The Morgan fingerprint density at radius 2 is 2.38 bits per heavy atom. The van der Waals surface area contributed by atoms with Gasteiger partial charge in [0, 0.05) is 32.0 Å². The molecule has 1 aliphatic heterocycles. The number of amides is 1. The normalized spacial score (nSPS) is 26.7. The number of nitrogens with one attached hydrogen (secondary N) is 2. The minimum atomic E-state index is -0.864. The van der Waals surface area contributed by atoms with Gasteiger partial charge < -0.3 is 20.5 Å². The zero-order valence-corrected chi connectivity index (χ0v) is 10.1. The molecule has 1 aliphatic rings. The van der Waals surface area contributed by atoms with E-state index in [4.69, 9.17) is 4.74 Å². The van der Waals surface area contributed by atoms with Gasteiger partial charge in [0.15, 0.2) is 0 Å². The number of aliphatic hydroxyl groups is 1. The van der Waals surface area contributed by atoms with Gasteiger partial charge in [0.05, 0.1) is 6.61 Å². The van der Waals surface area contributed by atoms with Crippen molar-refractivity contribution in [2.45, 2.75) is 38.3 Å². The third kappa shape index (κ3) is 4.47. The fraction of sp³-hybridized carbons (Fsp3) is 0.909. The minimum Gasteiger partial charge on any atom is -0.386 e. The van der Waals surface area contributed by atoms with Crippen LogP contribution >= 0.6 is 0 Å². The molecule has 1 fully saturated rings. The van der Waals surface area contributed by atoms with Crippen LogP contribution in [0.2, 0.25) is 0 Å². The molecule has 0 spiro atoms. The first-order chi connectivity index (χ1) is 7.56. The van der Waals surface area contributed by atoms with E-state index < -0.39 is 5.60 Å². The molecule has 1 amide bonds. The van der Waals surface area contributed by atoms with Crippen molar-refractivity contribution in [2.24, 2.45) is 0 Å². The van der Waals surface area contributed by atoms with Gasteiger partial charge in [0.1, 0.15) is 5.60 Å². The quantitative estimate of drug-likeness (QED) is 0.583. The maximum absolute atomic E-state index is 11.5. The number of hydrogen-bond acceptors (Lipinski definition) is 4. The predicted octanol–water partition coefficient (Wildman–Crippen LogP) is -0.358. The van der Waals surface area contributed by atoms with Crippen molar-refractivity contribution in [1.82, 2.24) is 10.6 Å². The average Bonchev–Trinajstić information content (AvgIpc) is 2.63. The number of carbonyl (C=O) groups excluding carboxylic acids is 1. The zero-order chi connectivity index (χ0) is 12.0. The molecule has 0 aromatic carbocycles. The molecule has 0 aliphatic carbocycles. The third-order valence-electron chi connectivity index (χ3n) is 2.74. The summed E-state index contributed by atoms with van der Waals surface area (Å²) in [6.07, 6.45) is 1.03. The summed E-state index contributed by atoms with van der Waals surface area (Å²) in [6.45, 7) is 6.00. The second kappa shape index (κ2) is 6.18. The van der Waals surface area contributed by atoms with Crippen LogP contribution in [0.4, 0.5) is 0 Å². The Hall–Kier alpha value is -0.650. The van der Waals surface area contributed by atoms with E-state index in [1.54, 1.807) is 0 Å². The lowest BCUT2D eigenvalue weighted by Crippen LogP contribution is -2.44. The lowest BCUT2D eigenvalue weighted by atomic mass is 10.0. The lowest BCUT2D eigenvalue weighted by Gasteiger charge is -2.21. The average molecular weight is 230 g/mol. The van der Waals surface area contributed by atoms with E-state index in [2.05, 4.69) is 10.6 Å².